The predicted molar refractivity (Wildman–Crippen MR) is 130 cm³/mol. The van der Waals surface area contributed by atoms with Crippen molar-refractivity contribution in [3.8, 4) is 11.5 Å². The van der Waals surface area contributed by atoms with Gasteiger partial charge in [-0.15, -0.1) is 0 Å². The molecule has 31 heavy (non-hydrogen) atoms. The number of ether oxygens (including phenoxy) is 2. The number of hydrogen-bond donors (Lipinski definition) is 1. The SMILES string of the molecule is COc1cc(/C=N\NC(=O)c2ccc(C)cc2Cl)cc(Br)c1OCc1ccc(Br)cc1. The molecule has 0 aliphatic rings. The van der Waals surface area contributed by atoms with Gasteiger partial charge in [0.1, 0.15) is 6.61 Å². The van der Waals surface area contributed by atoms with Crippen LogP contribution in [0.2, 0.25) is 5.02 Å². The maximum absolute atomic E-state index is 12.3. The molecule has 3 aromatic carbocycles. The molecule has 1 amide bonds. The number of methoxy groups -OCH3 is 1. The first-order valence-corrected chi connectivity index (χ1v) is 11.2. The van der Waals surface area contributed by atoms with Gasteiger partial charge in [-0.1, -0.05) is 45.7 Å². The van der Waals surface area contributed by atoms with E-state index in [0.717, 1.165) is 21.2 Å². The van der Waals surface area contributed by atoms with Gasteiger partial charge >= 0.3 is 0 Å². The van der Waals surface area contributed by atoms with E-state index in [1.54, 1.807) is 25.3 Å². The Morgan fingerprint density at radius 1 is 1.13 bits per heavy atom. The lowest BCUT2D eigenvalue weighted by Crippen LogP contribution is -2.18. The third kappa shape index (κ3) is 6.32. The molecule has 0 aliphatic carbocycles. The van der Waals surface area contributed by atoms with Crippen LogP contribution in [-0.2, 0) is 6.61 Å². The quantitative estimate of drug-likeness (QED) is 0.262. The van der Waals surface area contributed by atoms with E-state index in [1.165, 1.54) is 6.21 Å². The third-order valence-corrected chi connectivity index (χ3v) is 5.73. The van der Waals surface area contributed by atoms with E-state index in [1.807, 2.05) is 43.3 Å². The number of aryl methyl sites for hydroxylation is 1. The number of halogens is 3. The maximum Gasteiger partial charge on any atom is 0.272 e. The van der Waals surface area contributed by atoms with Gasteiger partial charge in [-0.25, -0.2) is 5.43 Å². The van der Waals surface area contributed by atoms with Crippen LogP contribution < -0.4 is 14.9 Å². The summed E-state index contributed by atoms with van der Waals surface area (Å²) in [5.41, 5.74) is 5.57. The highest BCUT2D eigenvalue weighted by atomic mass is 79.9. The lowest BCUT2D eigenvalue weighted by atomic mass is 10.1. The van der Waals surface area contributed by atoms with Crippen LogP contribution in [-0.4, -0.2) is 19.2 Å². The molecule has 1 N–H and O–H groups in total. The van der Waals surface area contributed by atoms with Crippen molar-refractivity contribution in [3.05, 3.63) is 90.8 Å². The Morgan fingerprint density at radius 3 is 2.55 bits per heavy atom. The van der Waals surface area contributed by atoms with Gasteiger partial charge in [0.2, 0.25) is 0 Å². The van der Waals surface area contributed by atoms with E-state index in [4.69, 9.17) is 21.1 Å². The summed E-state index contributed by atoms with van der Waals surface area (Å²) in [6, 6.07) is 16.7. The van der Waals surface area contributed by atoms with Crippen molar-refractivity contribution < 1.29 is 14.3 Å². The Morgan fingerprint density at radius 2 is 1.87 bits per heavy atom. The van der Waals surface area contributed by atoms with Crippen LogP contribution in [0.25, 0.3) is 0 Å². The number of amides is 1. The van der Waals surface area contributed by atoms with Crippen molar-refractivity contribution in [3.63, 3.8) is 0 Å². The van der Waals surface area contributed by atoms with Gasteiger partial charge in [-0.05, 0) is 75.9 Å². The zero-order chi connectivity index (χ0) is 22.4. The predicted octanol–water partition coefficient (Wildman–Crippen LogP) is 6.52. The Hall–Kier alpha value is -2.35. The fourth-order valence-electron chi connectivity index (χ4n) is 2.72. The van der Waals surface area contributed by atoms with Gasteiger partial charge in [-0.2, -0.15) is 5.10 Å². The van der Waals surface area contributed by atoms with Gasteiger partial charge in [0.25, 0.3) is 5.91 Å². The standard InChI is InChI=1S/C23H19Br2ClN2O3/c1-14-3-8-18(20(26)9-14)23(29)28-27-12-16-10-19(25)22(21(11-16)30-2)31-13-15-4-6-17(24)7-5-15/h3-12H,13H2,1-2H3,(H,28,29)/b27-12-. The van der Waals surface area contributed by atoms with Crippen molar-refractivity contribution in [1.82, 2.24) is 5.43 Å². The highest BCUT2D eigenvalue weighted by Crippen LogP contribution is 2.37. The highest BCUT2D eigenvalue weighted by Gasteiger charge is 2.12. The number of hydrazone groups is 1. The number of nitrogens with one attached hydrogen (secondary N) is 1. The van der Waals surface area contributed by atoms with Crippen LogP contribution in [0.5, 0.6) is 11.5 Å². The number of nitrogens with zero attached hydrogens (tertiary/aromatic N) is 1. The highest BCUT2D eigenvalue weighted by molar-refractivity contribution is 9.10. The maximum atomic E-state index is 12.3. The van der Waals surface area contributed by atoms with E-state index >= 15 is 0 Å². The molecule has 3 aromatic rings. The molecule has 0 fully saturated rings. The summed E-state index contributed by atoms with van der Waals surface area (Å²) in [4.78, 5) is 12.3. The van der Waals surface area contributed by atoms with Crippen molar-refractivity contribution in [1.29, 1.82) is 0 Å². The Bertz CT molecular complexity index is 1120. The summed E-state index contributed by atoms with van der Waals surface area (Å²) in [7, 11) is 1.57. The minimum Gasteiger partial charge on any atom is -0.493 e. The second-order valence-corrected chi connectivity index (χ2v) is 8.81. The summed E-state index contributed by atoms with van der Waals surface area (Å²) in [5.74, 6) is 0.737. The molecule has 0 unspecified atom stereocenters. The first kappa shape index (κ1) is 23.3. The summed E-state index contributed by atoms with van der Waals surface area (Å²) in [6.07, 6.45) is 1.52. The molecule has 0 bridgehead atoms. The zero-order valence-electron chi connectivity index (χ0n) is 16.8. The average Bonchev–Trinajstić information content (AvgIpc) is 2.73. The summed E-state index contributed by atoms with van der Waals surface area (Å²) < 4.78 is 13.1. The molecule has 0 saturated heterocycles. The third-order valence-electron chi connectivity index (χ3n) is 4.30. The molecule has 3 rings (SSSR count). The van der Waals surface area contributed by atoms with Crippen molar-refractivity contribution in [2.75, 3.05) is 7.11 Å². The Kier molecular flexibility index (Phi) is 8.12. The smallest absolute Gasteiger partial charge is 0.272 e. The zero-order valence-corrected chi connectivity index (χ0v) is 20.7. The van der Waals surface area contributed by atoms with E-state index < -0.39 is 0 Å². The van der Waals surface area contributed by atoms with Crippen LogP contribution in [0.1, 0.15) is 27.0 Å². The largest absolute Gasteiger partial charge is 0.493 e. The molecule has 160 valence electrons. The molecule has 0 heterocycles. The first-order valence-electron chi connectivity index (χ1n) is 9.21. The van der Waals surface area contributed by atoms with Crippen LogP contribution in [0.15, 0.2) is 68.6 Å². The number of benzene rings is 3. The molecule has 0 aromatic heterocycles. The van der Waals surface area contributed by atoms with Crippen LogP contribution in [0.4, 0.5) is 0 Å². The molecule has 0 saturated carbocycles. The number of rotatable bonds is 7. The lowest BCUT2D eigenvalue weighted by Gasteiger charge is -2.13. The van der Waals surface area contributed by atoms with Crippen LogP contribution in [0.3, 0.4) is 0 Å². The van der Waals surface area contributed by atoms with Gasteiger partial charge in [0.15, 0.2) is 11.5 Å². The Balaban J connectivity index is 1.69. The molecular formula is C23H19Br2ClN2O3. The minimum atomic E-state index is -0.387. The van der Waals surface area contributed by atoms with Gasteiger partial charge in [0.05, 0.1) is 28.4 Å². The van der Waals surface area contributed by atoms with E-state index in [-0.39, 0.29) is 5.91 Å². The van der Waals surface area contributed by atoms with Gasteiger partial charge in [-0.3, -0.25) is 4.79 Å². The molecule has 0 aliphatic heterocycles. The van der Waals surface area contributed by atoms with E-state index in [2.05, 4.69) is 42.4 Å². The molecule has 0 spiro atoms. The lowest BCUT2D eigenvalue weighted by molar-refractivity contribution is 0.0955. The number of carbonyl (C=O) groups is 1. The van der Waals surface area contributed by atoms with E-state index in [0.29, 0.717) is 33.2 Å². The number of carbonyl (C=O) groups excluding carboxylic acids is 1. The summed E-state index contributed by atoms with van der Waals surface area (Å²) in [5, 5.41) is 4.40. The van der Waals surface area contributed by atoms with Gasteiger partial charge in [0, 0.05) is 4.47 Å². The first-order chi connectivity index (χ1) is 14.9. The Labute approximate surface area is 202 Å². The second-order valence-electron chi connectivity index (χ2n) is 6.63. The average molecular weight is 567 g/mol. The van der Waals surface area contributed by atoms with Crippen molar-refractivity contribution in [2.45, 2.75) is 13.5 Å². The van der Waals surface area contributed by atoms with Crippen molar-refractivity contribution in [2.24, 2.45) is 5.10 Å². The minimum absolute atomic E-state index is 0.361. The van der Waals surface area contributed by atoms with Crippen molar-refractivity contribution >= 4 is 55.6 Å². The summed E-state index contributed by atoms with van der Waals surface area (Å²) >= 11 is 13.1. The molecule has 8 heteroatoms. The summed E-state index contributed by atoms with van der Waals surface area (Å²) in [6.45, 7) is 2.30. The molecular weight excluding hydrogens is 548 g/mol. The normalized spacial score (nSPS) is 10.9. The molecule has 0 atom stereocenters. The number of hydrogen-bond acceptors (Lipinski definition) is 4. The van der Waals surface area contributed by atoms with E-state index in [9.17, 15) is 4.79 Å². The second kappa shape index (κ2) is 10.8. The monoisotopic (exact) mass is 564 g/mol. The topological polar surface area (TPSA) is 59.9 Å². The fraction of sp³-hybridized carbons (Fsp3) is 0.130. The fourth-order valence-corrected chi connectivity index (χ4v) is 3.88. The van der Waals surface area contributed by atoms with Crippen LogP contribution >= 0.6 is 43.5 Å². The molecule has 5 nitrogen and oxygen atoms in total. The molecule has 0 radical (unpaired) electrons. The van der Waals surface area contributed by atoms with Gasteiger partial charge < -0.3 is 9.47 Å². The van der Waals surface area contributed by atoms with Crippen LogP contribution in [0, 0.1) is 6.92 Å².